The molecule has 2 aliphatic rings. The number of aromatic nitrogens is 2. The van der Waals surface area contributed by atoms with Gasteiger partial charge < -0.3 is 26.2 Å². The zero-order valence-corrected chi connectivity index (χ0v) is 32.3. The van der Waals surface area contributed by atoms with Gasteiger partial charge in [-0.25, -0.2) is 4.98 Å². The lowest BCUT2D eigenvalue weighted by atomic mass is 9.78. The molecule has 3 unspecified atom stereocenters. The maximum Gasteiger partial charge on any atom is 0.289 e. The Bertz CT molecular complexity index is 1610. The fourth-order valence-electron chi connectivity index (χ4n) is 7.76. The van der Waals surface area contributed by atoms with E-state index in [-0.39, 0.29) is 29.4 Å². The average Bonchev–Trinajstić information content (AvgIpc) is 3.74. The van der Waals surface area contributed by atoms with Crippen molar-refractivity contribution in [3.63, 3.8) is 0 Å². The van der Waals surface area contributed by atoms with Crippen LogP contribution in [0.3, 0.4) is 0 Å². The van der Waals surface area contributed by atoms with Gasteiger partial charge in [0.2, 0.25) is 23.5 Å². The van der Waals surface area contributed by atoms with Crippen LogP contribution in [0.25, 0.3) is 0 Å². The lowest BCUT2D eigenvalue weighted by Gasteiger charge is -2.38. The Labute approximate surface area is 313 Å². The molecule has 4 N–H and O–H groups in total. The highest BCUT2D eigenvalue weighted by molar-refractivity contribution is 6.37. The summed E-state index contributed by atoms with van der Waals surface area (Å²) >= 11 is 0. The fraction of sp³-hybridized carbons (Fsp3) is 0.600. The van der Waals surface area contributed by atoms with Crippen molar-refractivity contribution >= 4 is 35.3 Å². The van der Waals surface area contributed by atoms with Gasteiger partial charge in [0.1, 0.15) is 23.8 Å². The predicted octanol–water partition coefficient (Wildman–Crippen LogP) is 3.61. The van der Waals surface area contributed by atoms with E-state index in [1.54, 1.807) is 11.8 Å². The molecule has 1 saturated carbocycles. The highest BCUT2D eigenvalue weighted by Gasteiger charge is 2.56. The highest BCUT2D eigenvalue weighted by Crippen LogP contribution is 2.50. The van der Waals surface area contributed by atoms with E-state index in [9.17, 15) is 28.8 Å². The van der Waals surface area contributed by atoms with Crippen LogP contribution in [-0.2, 0) is 24.0 Å². The first-order valence-electron chi connectivity index (χ1n) is 18.9. The number of amides is 5. The number of rotatable bonds is 15. The number of carbonyl (C=O) groups is 6. The standard InChI is InChI=1S/C40H57N7O6/c1-9-23(3)28-17-16-27-22-47(33(31(27)28)38(52)43-21-30(48)36(50)44-25(5)26-14-12-11-13-15-26)39(53)34(40(6,7)8)46-37(51)32(24(4)10-2)45-35(49)29-20-41-18-19-42-29/h11-15,18-20,23-25,27-28,31-34H,9-10,16-17,21-22H2,1-8H3,(H,43,52)(H,44,50)(H,45,49)(H,46,51)/t23?,24?,25-,27-,28?,31+,32-,33-,34+/m0/s1. The van der Waals surface area contributed by atoms with Crippen LogP contribution in [0.5, 0.6) is 0 Å². The van der Waals surface area contributed by atoms with Crippen molar-refractivity contribution in [3.8, 4) is 0 Å². The molecule has 1 aliphatic carbocycles. The molecule has 0 radical (unpaired) electrons. The molecule has 13 nitrogen and oxygen atoms in total. The quantitative estimate of drug-likeness (QED) is 0.201. The number of hydrogen-bond donors (Lipinski definition) is 4. The molecule has 2 heterocycles. The summed E-state index contributed by atoms with van der Waals surface area (Å²) in [7, 11) is 0. The lowest BCUT2D eigenvalue weighted by Crippen LogP contribution is -2.62. The number of nitrogens with zero attached hydrogens (tertiary/aromatic N) is 3. The molecule has 13 heteroatoms. The summed E-state index contributed by atoms with van der Waals surface area (Å²) in [5.41, 5.74) is 0.122. The number of Topliss-reactive ketones (excluding diaryl/α,β-unsaturated/α-hetero) is 1. The van der Waals surface area contributed by atoms with Crippen molar-refractivity contribution in [1.29, 1.82) is 0 Å². The second-order valence-corrected chi connectivity index (χ2v) is 15.9. The summed E-state index contributed by atoms with van der Waals surface area (Å²) in [6.45, 7) is 15.1. The Morgan fingerprint density at radius 3 is 2.21 bits per heavy atom. The van der Waals surface area contributed by atoms with Gasteiger partial charge >= 0.3 is 0 Å². The Balaban J connectivity index is 1.55. The van der Waals surface area contributed by atoms with E-state index in [2.05, 4.69) is 45.1 Å². The van der Waals surface area contributed by atoms with E-state index < -0.39 is 71.4 Å². The van der Waals surface area contributed by atoms with E-state index in [0.717, 1.165) is 24.8 Å². The van der Waals surface area contributed by atoms with Crippen molar-refractivity contribution in [1.82, 2.24) is 36.1 Å². The summed E-state index contributed by atoms with van der Waals surface area (Å²) in [5.74, 6) is -3.48. The van der Waals surface area contributed by atoms with Crippen LogP contribution < -0.4 is 21.3 Å². The van der Waals surface area contributed by atoms with E-state index in [1.165, 1.54) is 18.6 Å². The second-order valence-electron chi connectivity index (χ2n) is 15.9. The Morgan fingerprint density at radius 1 is 0.906 bits per heavy atom. The minimum Gasteiger partial charge on any atom is -0.347 e. The van der Waals surface area contributed by atoms with Gasteiger partial charge in [-0.05, 0) is 60.3 Å². The zero-order chi connectivity index (χ0) is 39.0. The summed E-state index contributed by atoms with van der Waals surface area (Å²) in [5, 5.41) is 11.1. The third-order valence-electron chi connectivity index (χ3n) is 11.3. The van der Waals surface area contributed by atoms with E-state index >= 15 is 0 Å². The Morgan fingerprint density at radius 2 is 1.60 bits per heavy atom. The van der Waals surface area contributed by atoms with Gasteiger partial charge in [0.25, 0.3) is 11.8 Å². The third-order valence-corrected chi connectivity index (χ3v) is 11.3. The van der Waals surface area contributed by atoms with Gasteiger partial charge in [-0.15, -0.1) is 0 Å². The van der Waals surface area contributed by atoms with Gasteiger partial charge in [0, 0.05) is 18.9 Å². The molecular weight excluding hydrogens is 674 g/mol. The molecule has 53 heavy (non-hydrogen) atoms. The molecule has 1 aromatic carbocycles. The highest BCUT2D eigenvalue weighted by atomic mass is 16.2. The normalized spacial score (nSPS) is 22.4. The van der Waals surface area contributed by atoms with Crippen molar-refractivity contribution in [2.24, 2.45) is 35.0 Å². The smallest absolute Gasteiger partial charge is 0.289 e. The molecule has 2 fully saturated rings. The number of ketones is 1. The predicted molar refractivity (Wildman–Crippen MR) is 200 cm³/mol. The number of hydrogen-bond acceptors (Lipinski definition) is 8. The largest absolute Gasteiger partial charge is 0.347 e. The number of nitrogens with one attached hydrogen (secondary N) is 4. The van der Waals surface area contributed by atoms with Gasteiger partial charge in [0.05, 0.1) is 18.8 Å². The van der Waals surface area contributed by atoms with Crippen LogP contribution in [0.15, 0.2) is 48.9 Å². The van der Waals surface area contributed by atoms with Crippen LogP contribution in [0.1, 0.15) is 103 Å². The van der Waals surface area contributed by atoms with Gasteiger partial charge in [-0.3, -0.25) is 33.8 Å². The van der Waals surface area contributed by atoms with Crippen LogP contribution in [-0.4, -0.2) is 81.4 Å². The van der Waals surface area contributed by atoms with Gasteiger partial charge in [0.15, 0.2) is 0 Å². The summed E-state index contributed by atoms with van der Waals surface area (Å²) in [4.78, 5) is 91.3. The molecule has 1 aromatic heterocycles. The minimum absolute atomic E-state index is 0.0621. The molecule has 0 bridgehead atoms. The van der Waals surface area contributed by atoms with Crippen molar-refractivity contribution in [2.75, 3.05) is 13.1 Å². The topological polar surface area (TPSA) is 180 Å². The number of benzene rings is 1. The van der Waals surface area contributed by atoms with Crippen LogP contribution in [0.2, 0.25) is 0 Å². The number of carbonyl (C=O) groups excluding carboxylic acids is 6. The molecule has 9 atom stereocenters. The first-order chi connectivity index (χ1) is 25.1. The van der Waals surface area contributed by atoms with E-state index in [0.29, 0.717) is 18.9 Å². The van der Waals surface area contributed by atoms with E-state index in [4.69, 9.17) is 0 Å². The average molecular weight is 732 g/mol. The lowest BCUT2D eigenvalue weighted by molar-refractivity contribution is -0.146. The maximum absolute atomic E-state index is 14.7. The van der Waals surface area contributed by atoms with Crippen LogP contribution in [0.4, 0.5) is 0 Å². The Hall–Kier alpha value is -4.68. The number of fused-ring (bicyclic) bond motifs is 1. The first-order valence-corrected chi connectivity index (χ1v) is 18.9. The zero-order valence-electron chi connectivity index (χ0n) is 32.3. The summed E-state index contributed by atoms with van der Waals surface area (Å²) < 4.78 is 0. The van der Waals surface area contributed by atoms with Gasteiger partial charge in [-0.2, -0.15) is 0 Å². The van der Waals surface area contributed by atoms with Gasteiger partial charge in [-0.1, -0.05) is 91.6 Å². The van der Waals surface area contributed by atoms with E-state index in [1.807, 2.05) is 65.0 Å². The maximum atomic E-state index is 14.7. The summed E-state index contributed by atoms with van der Waals surface area (Å²) in [6.07, 6.45) is 7.41. The van der Waals surface area contributed by atoms with Crippen molar-refractivity contribution in [2.45, 2.75) is 105 Å². The summed E-state index contributed by atoms with van der Waals surface area (Å²) in [6, 6.07) is 5.93. The third kappa shape index (κ3) is 9.85. The second kappa shape index (κ2) is 17.9. The monoisotopic (exact) mass is 731 g/mol. The molecule has 5 amide bonds. The SMILES string of the molecule is CCC(C)C1CC[C@H]2CN(C(=O)[C@@H](NC(=O)[C@@H](NC(=O)c3cnccn3)C(C)CC)C(C)(C)C)[C@H](C(=O)NCC(=O)C(=O)N[C@@H](C)c3ccccc3)[C@@H]12. The van der Waals surface area contributed by atoms with Crippen molar-refractivity contribution < 1.29 is 28.8 Å². The molecule has 288 valence electrons. The van der Waals surface area contributed by atoms with Crippen LogP contribution >= 0.6 is 0 Å². The fourth-order valence-corrected chi connectivity index (χ4v) is 7.76. The molecule has 1 saturated heterocycles. The Kier molecular flexibility index (Phi) is 13.9. The molecule has 0 spiro atoms. The van der Waals surface area contributed by atoms with Crippen LogP contribution in [0, 0.1) is 35.0 Å². The molecule has 2 aromatic rings. The van der Waals surface area contributed by atoms with Crippen molar-refractivity contribution in [3.05, 3.63) is 60.2 Å². The molecule has 1 aliphatic heterocycles. The minimum atomic E-state index is -1.04. The number of likely N-dealkylation sites (tertiary alicyclic amines) is 1. The molecular formula is C40H57N7O6. The first kappa shape index (κ1) is 41.1. The molecule has 4 rings (SSSR count).